The SMILES string of the molecule is CCC(NC)c1cccc(-c2c(C)c(C)cc(C)c2C)c1. The zero-order valence-corrected chi connectivity index (χ0v) is 14.2. The molecule has 0 aliphatic carbocycles. The van der Waals surface area contributed by atoms with E-state index >= 15 is 0 Å². The van der Waals surface area contributed by atoms with Crippen molar-refractivity contribution < 1.29 is 0 Å². The first-order valence-electron chi connectivity index (χ1n) is 7.84. The molecule has 0 saturated heterocycles. The van der Waals surface area contributed by atoms with Gasteiger partial charge in [0.05, 0.1) is 0 Å². The van der Waals surface area contributed by atoms with Gasteiger partial charge < -0.3 is 5.32 Å². The van der Waals surface area contributed by atoms with Crippen LogP contribution < -0.4 is 5.32 Å². The molecule has 2 aromatic rings. The van der Waals surface area contributed by atoms with Crippen LogP contribution in [0.25, 0.3) is 11.1 Å². The summed E-state index contributed by atoms with van der Waals surface area (Å²) in [5.74, 6) is 0. The van der Waals surface area contributed by atoms with Gasteiger partial charge in [-0.05, 0) is 86.2 Å². The molecule has 1 atom stereocenters. The van der Waals surface area contributed by atoms with Crippen molar-refractivity contribution in [2.24, 2.45) is 0 Å². The summed E-state index contributed by atoms with van der Waals surface area (Å²) in [6.45, 7) is 11.1. The lowest BCUT2D eigenvalue weighted by atomic mass is 9.88. The van der Waals surface area contributed by atoms with E-state index in [2.05, 4.69) is 70.3 Å². The molecular weight excluding hydrogens is 254 g/mol. The summed E-state index contributed by atoms with van der Waals surface area (Å²) in [4.78, 5) is 0. The fraction of sp³-hybridized carbons (Fsp3) is 0.400. The molecular formula is C20H27N. The summed E-state index contributed by atoms with van der Waals surface area (Å²) in [6.07, 6.45) is 1.10. The average Bonchev–Trinajstić information content (AvgIpc) is 2.47. The van der Waals surface area contributed by atoms with Crippen LogP contribution in [0.1, 0.15) is 47.2 Å². The van der Waals surface area contributed by atoms with E-state index in [4.69, 9.17) is 0 Å². The van der Waals surface area contributed by atoms with E-state index in [0.717, 1.165) is 6.42 Å². The number of hydrogen-bond donors (Lipinski definition) is 1. The molecule has 21 heavy (non-hydrogen) atoms. The van der Waals surface area contributed by atoms with Gasteiger partial charge in [0.1, 0.15) is 0 Å². The number of rotatable bonds is 4. The third-order valence-corrected chi connectivity index (χ3v) is 4.70. The van der Waals surface area contributed by atoms with Gasteiger partial charge in [-0.15, -0.1) is 0 Å². The third kappa shape index (κ3) is 3.03. The van der Waals surface area contributed by atoms with Crippen LogP contribution in [0.4, 0.5) is 0 Å². The summed E-state index contributed by atoms with van der Waals surface area (Å²) in [7, 11) is 2.04. The van der Waals surface area contributed by atoms with Gasteiger partial charge in [-0.2, -0.15) is 0 Å². The average molecular weight is 281 g/mol. The van der Waals surface area contributed by atoms with Gasteiger partial charge in [-0.25, -0.2) is 0 Å². The molecule has 0 bridgehead atoms. The lowest BCUT2D eigenvalue weighted by molar-refractivity contribution is 0.577. The molecule has 1 heteroatoms. The lowest BCUT2D eigenvalue weighted by Gasteiger charge is -2.19. The zero-order valence-electron chi connectivity index (χ0n) is 14.2. The minimum atomic E-state index is 0.427. The molecule has 0 aliphatic rings. The molecule has 1 nitrogen and oxygen atoms in total. The van der Waals surface area contributed by atoms with Gasteiger partial charge in [-0.3, -0.25) is 0 Å². The Morgan fingerprint density at radius 2 is 1.57 bits per heavy atom. The first kappa shape index (κ1) is 15.8. The van der Waals surface area contributed by atoms with Crippen molar-refractivity contribution in [3.8, 4) is 11.1 Å². The van der Waals surface area contributed by atoms with Gasteiger partial charge in [0, 0.05) is 6.04 Å². The molecule has 0 amide bonds. The highest BCUT2D eigenvalue weighted by molar-refractivity contribution is 5.74. The maximum Gasteiger partial charge on any atom is 0.0315 e. The third-order valence-electron chi connectivity index (χ3n) is 4.70. The van der Waals surface area contributed by atoms with E-state index in [9.17, 15) is 0 Å². The number of hydrogen-bond acceptors (Lipinski definition) is 1. The summed E-state index contributed by atoms with van der Waals surface area (Å²) < 4.78 is 0. The summed E-state index contributed by atoms with van der Waals surface area (Å²) in [6, 6.07) is 11.7. The van der Waals surface area contributed by atoms with Crippen molar-refractivity contribution >= 4 is 0 Å². The zero-order chi connectivity index (χ0) is 15.6. The molecule has 0 aliphatic heterocycles. The number of nitrogens with one attached hydrogen (secondary N) is 1. The maximum absolute atomic E-state index is 3.40. The summed E-state index contributed by atoms with van der Waals surface area (Å²) in [5.41, 5.74) is 9.65. The molecule has 0 saturated carbocycles. The second kappa shape index (κ2) is 6.44. The largest absolute Gasteiger partial charge is 0.313 e. The second-order valence-electron chi connectivity index (χ2n) is 6.01. The van der Waals surface area contributed by atoms with E-state index in [0.29, 0.717) is 6.04 Å². The Hall–Kier alpha value is -1.60. The first-order valence-corrected chi connectivity index (χ1v) is 7.84. The van der Waals surface area contributed by atoms with Crippen molar-refractivity contribution in [3.05, 3.63) is 58.1 Å². The topological polar surface area (TPSA) is 12.0 Å². The standard InChI is InChI=1S/C20H27N/c1-7-19(21-6)17-9-8-10-18(12-17)20-15(4)13(2)11-14(3)16(20)5/h8-12,19,21H,7H2,1-6H3. The van der Waals surface area contributed by atoms with Gasteiger partial charge >= 0.3 is 0 Å². The van der Waals surface area contributed by atoms with Crippen LogP contribution in [0.3, 0.4) is 0 Å². The minimum Gasteiger partial charge on any atom is -0.313 e. The van der Waals surface area contributed by atoms with E-state index in [-0.39, 0.29) is 0 Å². The van der Waals surface area contributed by atoms with Crippen LogP contribution in [-0.2, 0) is 0 Å². The van der Waals surface area contributed by atoms with Crippen molar-refractivity contribution in [3.63, 3.8) is 0 Å². The van der Waals surface area contributed by atoms with Crippen molar-refractivity contribution in [2.75, 3.05) is 7.05 Å². The summed E-state index contributed by atoms with van der Waals surface area (Å²) >= 11 is 0. The highest BCUT2D eigenvalue weighted by atomic mass is 14.9. The highest BCUT2D eigenvalue weighted by Crippen LogP contribution is 2.33. The van der Waals surface area contributed by atoms with E-state index in [1.165, 1.54) is 38.9 Å². The monoisotopic (exact) mass is 281 g/mol. The molecule has 2 aromatic carbocycles. The van der Waals surface area contributed by atoms with Crippen LogP contribution in [0.5, 0.6) is 0 Å². The maximum atomic E-state index is 3.40. The predicted octanol–water partition coefficient (Wildman–Crippen LogP) is 5.26. The van der Waals surface area contributed by atoms with E-state index < -0.39 is 0 Å². The Balaban J connectivity index is 2.60. The number of aryl methyl sites for hydroxylation is 2. The van der Waals surface area contributed by atoms with Crippen LogP contribution in [0, 0.1) is 27.7 Å². The second-order valence-corrected chi connectivity index (χ2v) is 6.01. The minimum absolute atomic E-state index is 0.427. The molecule has 1 N–H and O–H groups in total. The van der Waals surface area contributed by atoms with Crippen LogP contribution in [-0.4, -0.2) is 7.05 Å². The van der Waals surface area contributed by atoms with Crippen molar-refractivity contribution in [1.29, 1.82) is 0 Å². The van der Waals surface area contributed by atoms with Gasteiger partial charge in [-0.1, -0.05) is 31.2 Å². The Labute approximate surface area is 129 Å². The van der Waals surface area contributed by atoms with Crippen molar-refractivity contribution in [1.82, 2.24) is 5.32 Å². The highest BCUT2D eigenvalue weighted by Gasteiger charge is 2.13. The molecule has 0 fully saturated rings. The predicted molar refractivity (Wildman–Crippen MR) is 92.9 cm³/mol. The fourth-order valence-electron chi connectivity index (χ4n) is 3.17. The Morgan fingerprint density at radius 1 is 0.952 bits per heavy atom. The molecule has 0 radical (unpaired) electrons. The molecule has 112 valence electrons. The first-order chi connectivity index (χ1) is 9.99. The summed E-state index contributed by atoms with van der Waals surface area (Å²) in [5, 5.41) is 3.40. The molecule has 2 rings (SSSR count). The molecule has 0 aromatic heterocycles. The van der Waals surface area contributed by atoms with Gasteiger partial charge in [0.25, 0.3) is 0 Å². The van der Waals surface area contributed by atoms with E-state index in [1.807, 2.05) is 7.05 Å². The molecule has 0 heterocycles. The van der Waals surface area contributed by atoms with E-state index in [1.54, 1.807) is 0 Å². The van der Waals surface area contributed by atoms with Crippen LogP contribution >= 0.6 is 0 Å². The van der Waals surface area contributed by atoms with Gasteiger partial charge in [0.2, 0.25) is 0 Å². The van der Waals surface area contributed by atoms with Crippen LogP contribution in [0.15, 0.2) is 30.3 Å². The Kier molecular flexibility index (Phi) is 4.84. The van der Waals surface area contributed by atoms with Crippen LogP contribution in [0.2, 0.25) is 0 Å². The molecule has 1 unspecified atom stereocenters. The van der Waals surface area contributed by atoms with Gasteiger partial charge in [0.15, 0.2) is 0 Å². The normalized spacial score (nSPS) is 12.5. The fourth-order valence-corrected chi connectivity index (χ4v) is 3.17. The molecule has 0 spiro atoms. The Bertz CT molecular complexity index is 610. The lowest BCUT2D eigenvalue weighted by Crippen LogP contribution is -2.15. The van der Waals surface area contributed by atoms with Crippen molar-refractivity contribution in [2.45, 2.75) is 47.1 Å². The quantitative estimate of drug-likeness (QED) is 0.806. The Morgan fingerprint density at radius 3 is 2.10 bits per heavy atom. The number of benzene rings is 2. The smallest absolute Gasteiger partial charge is 0.0315 e.